The van der Waals surface area contributed by atoms with Gasteiger partial charge in [0.2, 0.25) is 0 Å². The van der Waals surface area contributed by atoms with Crippen LogP contribution in [0.5, 0.6) is 17.2 Å². The number of amides is 1. The topological polar surface area (TPSA) is 111 Å². The zero-order chi connectivity index (χ0) is 22.4. The minimum absolute atomic E-state index is 0.0615. The largest absolute Gasteiger partial charge is 0.488 e. The van der Waals surface area contributed by atoms with Gasteiger partial charge in [-0.3, -0.25) is 4.79 Å². The number of aliphatic hydroxyl groups is 1. The second kappa shape index (κ2) is 9.82. The number of nitrogens with two attached hydrogens (primary N) is 1. The molecule has 162 valence electrons. The molecule has 8 heteroatoms. The minimum atomic E-state index is -0.538. The Hall–Kier alpha value is -3.78. The third-order valence-electron chi connectivity index (χ3n) is 4.47. The summed E-state index contributed by atoms with van der Waals surface area (Å²) in [5.74, 6) is 0.920. The van der Waals surface area contributed by atoms with E-state index in [1.807, 2.05) is 42.1 Å². The first-order valence-corrected chi connectivity index (χ1v) is 9.77. The molecule has 4 N–H and O–H groups in total. The highest BCUT2D eigenvalue weighted by Crippen LogP contribution is 2.30. The van der Waals surface area contributed by atoms with Crippen molar-refractivity contribution >= 4 is 22.6 Å². The van der Waals surface area contributed by atoms with Gasteiger partial charge in [-0.25, -0.2) is 0 Å². The Labute approximate surface area is 180 Å². The quantitative estimate of drug-likeness (QED) is 0.380. The molecule has 0 aliphatic carbocycles. The van der Waals surface area contributed by atoms with Crippen molar-refractivity contribution in [1.29, 1.82) is 0 Å². The Morgan fingerprint density at radius 1 is 1.23 bits per heavy atom. The van der Waals surface area contributed by atoms with Crippen LogP contribution in [0.15, 0.2) is 65.9 Å². The smallest absolute Gasteiger partial charge is 0.279 e. The van der Waals surface area contributed by atoms with Gasteiger partial charge in [-0.1, -0.05) is 0 Å². The van der Waals surface area contributed by atoms with E-state index in [0.717, 1.165) is 10.9 Å². The zero-order valence-electron chi connectivity index (χ0n) is 17.7. The standard InChI is InChI=1S/C23H26N4O4/c1-15(14-28)30-19-11-17(23(29)26-22(24)6-8-25-2)12-20(13-19)31-18-4-5-21-16(10-18)7-9-27(21)3/h4-13,15,25,28H,14H2,1-3H3,(H2,24,26,29)/b8-6-/t15-/m0/s1. The van der Waals surface area contributed by atoms with Crippen LogP contribution in [0, 0.1) is 0 Å². The predicted molar refractivity (Wildman–Crippen MR) is 121 cm³/mol. The first-order valence-electron chi connectivity index (χ1n) is 9.77. The molecule has 0 unspecified atom stereocenters. The van der Waals surface area contributed by atoms with Gasteiger partial charge in [-0.05, 0) is 55.6 Å². The van der Waals surface area contributed by atoms with Gasteiger partial charge in [0.15, 0.2) is 0 Å². The molecule has 1 heterocycles. The molecule has 1 atom stereocenters. The molecular weight excluding hydrogens is 396 g/mol. The molecule has 1 aromatic heterocycles. The van der Waals surface area contributed by atoms with Crippen molar-refractivity contribution in [3.05, 3.63) is 66.5 Å². The average Bonchev–Trinajstić information content (AvgIpc) is 3.12. The molecule has 0 bridgehead atoms. The third-order valence-corrected chi connectivity index (χ3v) is 4.47. The molecular formula is C23H26N4O4. The number of aryl methyl sites for hydroxylation is 1. The second-order valence-corrected chi connectivity index (χ2v) is 7.02. The van der Waals surface area contributed by atoms with Crippen LogP contribution < -0.4 is 20.5 Å². The Morgan fingerprint density at radius 3 is 2.74 bits per heavy atom. The molecule has 3 aromatic rings. The summed E-state index contributed by atoms with van der Waals surface area (Å²) >= 11 is 0. The Bertz CT molecular complexity index is 1130. The number of aliphatic imine (C=N–C) groups is 1. The highest BCUT2D eigenvalue weighted by atomic mass is 16.5. The van der Waals surface area contributed by atoms with E-state index in [9.17, 15) is 9.90 Å². The lowest BCUT2D eigenvalue weighted by molar-refractivity contribution is 0.100. The number of amidine groups is 1. The predicted octanol–water partition coefficient (Wildman–Crippen LogP) is 2.96. The molecule has 0 fully saturated rings. The van der Waals surface area contributed by atoms with Gasteiger partial charge < -0.3 is 30.2 Å². The maximum atomic E-state index is 12.6. The number of nitrogens with zero attached hydrogens (tertiary/aromatic N) is 2. The fourth-order valence-electron chi connectivity index (χ4n) is 2.94. The summed E-state index contributed by atoms with van der Waals surface area (Å²) in [5, 5.41) is 13.1. The normalized spacial score (nSPS) is 12.8. The highest BCUT2D eigenvalue weighted by Gasteiger charge is 2.13. The summed E-state index contributed by atoms with van der Waals surface area (Å²) in [6.45, 7) is 1.55. The van der Waals surface area contributed by atoms with Crippen molar-refractivity contribution < 1.29 is 19.4 Å². The average molecular weight is 422 g/mol. The first-order chi connectivity index (χ1) is 14.9. The lowest BCUT2D eigenvalue weighted by Crippen LogP contribution is -2.16. The molecule has 0 aliphatic rings. The van der Waals surface area contributed by atoms with E-state index in [1.54, 1.807) is 38.4 Å². The number of carbonyl (C=O) groups is 1. The monoisotopic (exact) mass is 422 g/mol. The van der Waals surface area contributed by atoms with Gasteiger partial charge in [0.25, 0.3) is 5.91 Å². The van der Waals surface area contributed by atoms with E-state index in [4.69, 9.17) is 15.2 Å². The maximum absolute atomic E-state index is 12.6. The summed E-state index contributed by atoms with van der Waals surface area (Å²) in [7, 11) is 3.69. The van der Waals surface area contributed by atoms with E-state index in [-0.39, 0.29) is 18.0 Å². The van der Waals surface area contributed by atoms with Crippen LogP contribution in [0.25, 0.3) is 10.9 Å². The molecule has 0 saturated carbocycles. The molecule has 0 spiro atoms. The molecule has 1 amide bonds. The molecule has 3 rings (SSSR count). The zero-order valence-corrected chi connectivity index (χ0v) is 17.7. The number of ether oxygens (including phenoxy) is 2. The van der Waals surface area contributed by atoms with Crippen molar-refractivity contribution in [1.82, 2.24) is 9.88 Å². The molecule has 2 aromatic carbocycles. The molecule has 0 saturated heterocycles. The van der Waals surface area contributed by atoms with E-state index < -0.39 is 12.0 Å². The van der Waals surface area contributed by atoms with Gasteiger partial charge in [0.05, 0.1) is 6.61 Å². The van der Waals surface area contributed by atoms with E-state index in [0.29, 0.717) is 17.2 Å². The van der Waals surface area contributed by atoms with Crippen molar-refractivity contribution in [2.24, 2.45) is 17.8 Å². The number of nitrogens with one attached hydrogen (secondary N) is 1. The first kappa shape index (κ1) is 21.9. The third kappa shape index (κ3) is 5.64. The minimum Gasteiger partial charge on any atom is -0.488 e. The summed E-state index contributed by atoms with van der Waals surface area (Å²) in [4.78, 5) is 16.5. The van der Waals surface area contributed by atoms with Crippen LogP contribution in [0.1, 0.15) is 17.3 Å². The number of aromatic nitrogens is 1. The van der Waals surface area contributed by atoms with Gasteiger partial charge in [-0.15, -0.1) is 0 Å². The van der Waals surface area contributed by atoms with Crippen molar-refractivity contribution in [3.8, 4) is 17.2 Å². The highest BCUT2D eigenvalue weighted by molar-refractivity contribution is 6.06. The number of hydrogen-bond donors (Lipinski definition) is 3. The SMILES string of the molecule is CN/C=C\C(N)=NC(=O)c1cc(Oc2ccc3c(ccn3C)c2)cc(O[C@@H](C)CO)c1. The Kier molecular flexibility index (Phi) is 6.94. The lowest BCUT2D eigenvalue weighted by atomic mass is 10.2. The van der Waals surface area contributed by atoms with Gasteiger partial charge in [-0.2, -0.15) is 4.99 Å². The summed E-state index contributed by atoms with van der Waals surface area (Å²) in [6.07, 6.45) is 4.58. The second-order valence-electron chi connectivity index (χ2n) is 7.02. The van der Waals surface area contributed by atoms with Crippen molar-refractivity contribution in [2.45, 2.75) is 13.0 Å². The van der Waals surface area contributed by atoms with Crippen molar-refractivity contribution in [2.75, 3.05) is 13.7 Å². The van der Waals surface area contributed by atoms with Crippen LogP contribution in [0.2, 0.25) is 0 Å². The van der Waals surface area contributed by atoms with Crippen LogP contribution in [0.3, 0.4) is 0 Å². The van der Waals surface area contributed by atoms with E-state index >= 15 is 0 Å². The fourth-order valence-corrected chi connectivity index (χ4v) is 2.94. The number of benzene rings is 2. The van der Waals surface area contributed by atoms with Gasteiger partial charge in [0, 0.05) is 42.8 Å². The number of fused-ring (bicyclic) bond motifs is 1. The van der Waals surface area contributed by atoms with Gasteiger partial charge >= 0.3 is 0 Å². The molecule has 0 aliphatic heterocycles. The Morgan fingerprint density at radius 2 is 2.00 bits per heavy atom. The fraction of sp³-hybridized carbons (Fsp3) is 0.217. The van der Waals surface area contributed by atoms with E-state index in [1.165, 1.54) is 6.08 Å². The molecule has 31 heavy (non-hydrogen) atoms. The van der Waals surface area contributed by atoms with Gasteiger partial charge in [0.1, 0.15) is 29.2 Å². The molecule has 0 radical (unpaired) electrons. The number of aliphatic hydroxyl groups excluding tert-OH is 1. The van der Waals surface area contributed by atoms with Crippen LogP contribution >= 0.6 is 0 Å². The van der Waals surface area contributed by atoms with Crippen molar-refractivity contribution in [3.63, 3.8) is 0 Å². The lowest BCUT2D eigenvalue weighted by Gasteiger charge is -2.14. The number of carbonyl (C=O) groups excluding carboxylic acids is 1. The van der Waals surface area contributed by atoms with Crippen LogP contribution in [-0.4, -0.2) is 41.2 Å². The Balaban J connectivity index is 1.93. The number of hydrogen-bond acceptors (Lipinski definition) is 5. The summed E-state index contributed by atoms with van der Waals surface area (Å²) in [5.41, 5.74) is 7.09. The molecule has 8 nitrogen and oxygen atoms in total. The maximum Gasteiger partial charge on any atom is 0.279 e. The summed E-state index contributed by atoms with van der Waals surface area (Å²) < 4.78 is 13.7. The van der Waals surface area contributed by atoms with Crippen LogP contribution in [-0.2, 0) is 7.05 Å². The number of rotatable bonds is 8. The van der Waals surface area contributed by atoms with Crippen LogP contribution in [0.4, 0.5) is 0 Å². The summed E-state index contributed by atoms with van der Waals surface area (Å²) in [6, 6.07) is 12.5. The van der Waals surface area contributed by atoms with E-state index in [2.05, 4.69) is 10.3 Å².